The van der Waals surface area contributed by atoms with E-state index in [4.69, 9.17) is 10.2 Å². The number of carbonyl (C=O) groups is 2. The maximum atomic E-state index is 14.3. The number of carboxylic acid groups (broad SMARTS) is 2. The maximum Gasteiger partial charge on any atom is 0.328 e. The zero-order chi connectivity index (χ0) is 24.6. The van der Waals surface area contributed by atoms with Gasteiger partial charge in [-0.15, -0.1) is 0 Å². The average molecular weight is 475 g/mol. The highest BCUT2D eigenvalue weighted by Gasteiger charge is 2.24. The van der Waals surface area contributed by atoms with Crippen molar-refractivity contribution >= 4 is 22.0 Å². The number of rotatable bonds is 7. The standard InChI is InChI=1S/C18H18FN3O2S.C4H4O4/c1-21(2)12-14-11-17(15-7-3-4-8-16(15)19)22(13-14)25(23,24)18-9-5-6-10-20-18;5-3(6)1-2-4(7)8/h3-11,13H,12H2,1-2H3;1-2H,(H,5,6)(H,7,8)/b;2-1+. The Kier molecular flexibility index (Phi) is 8.60. The summed E-state index contributed by atoms with van der Waals surface area (Å²) in [4.78, 5) is 25.0. The third-order valence-corrected chi connectivity index (χ3v) is 5.61. The number of nitrogens with zero attached hydrogens (tertiary/aromatic N) is 3. The quantitative estimate of drug-likeness (QED) is 0.499. The van der Waals surface area contributed by atoms with Crippen molar-refractivity contribution in [2.45, 2.75) is 11.6 Å². The molecular weight excluding hydrogens is 453 g/mol. The molecule has 0 bridgehead atoms. The van der Waals surface area contributed by atoms with Crippen molar-refractivity contribution in [2.24, 2.45) is 0 Å². The zero-order valence-electron chi connectivity index (χ0n) is 17.8. The van der Waals surface area contributed by atoms with Gasteiger partial charge in [-0.2, -0.15) is 8.42 Å². The minimum Gasteiger partial charge on any atom is -0.478 e. The van der Waals surface area contributed by atoms with Crippen LogP contribution in [-0.2, 0) is 26.2 Å². The largest absolute Gasteiger partial charge is 0.478 e. The number of pyridine rings is 1. The van der Waals surface area contributed by atoms with E-state index in [1.165, 1.54) is 24.5 Å². The number of carboxylic acids is 2. The van der Waals surface area contributed by atoms with Gasteiger partial charge in [-0.25, -0.2) is 22.9 Å². The Morgan fingerprint density at radius 2 is 1.67 bits per heavy atom. The molecule has 0 aliphatic rings. The molecule has 0 radical (unpaired) electrons. The Labute approximate surface area is 190 Å². The molecule has 0 unspecified atom stereocenters. The van der Waals surface area contributed by atoms with E-state index >= 15 is 0 Å². The summed E-state index contributed by atoms with van der Waals surface area (Å²) in [6.07, 6.45) is 4.05. The lowest BCUT2D eigenvalue weighted by Crippen LogP contribution is -2.15. The zero-order valence-corrected chi connectivity index (χ0v) is 18.6. The van der Waals surface area contributed by atoms with Crippen molar-refractivity contribution in [2.75, 3.05) is 14.1 Å². The highest BCUT2D eigenvalue weighted by molar-refractivity contribution is 7.90. The summed E-state index contributed by atoms with van der Waals surface area (Å²) in [6, 6.07) is 12.5. The molecule has 2 N–H and O–H groups in total. The monoisotopic (exact) mass is 475 g/mol. The molecule has 0 saturated heterocycles. The molecule has 11 heteroatoms. The number of benzene rings is 1. The molecule has 0 amide bonds. The molecule has 3 rings (SSSR count). The highest BCUT2D eigenvalue weighted by atomic mass is 32.2. The second-order valence-electron chi connectivity index (χ2n) is 6.93. The molecule has 2 aromatic heterocycles. The van der Waals surface area contributed by atoms with Crippen molar-refractivity contribution in [1.82, 2.24) is 13.9 Å². The summed E-state index contributed by atoms with van der Waals surface area (Å²) in [6.45, 7) is 0.534. The summed E-state index contributed by atoms with van der Waals surface area (Å²) in [5, 5.41) is 15.5. The molecule has 0 spiro atoms. The topological polar surface area (TPSA) is 130 Å². The highest BCUT2D eigenvalue weighted by Crippen LogP contribution is 2.28. The summed E-state index contributed by atoms with van der Waals surface area (Å²) < 4.78 is 41.4. The van der Waals surface area contributed by atoms with Crippen LogP contribution in [0.3, 0.4) is 0 Å². The van der Waals surface area contributed by atoms with E-state index in [0.29, 0.717) is 18.7 Å². The third-order valence-electron chi connectivity index (χ3n) is 4.02. The van der Waals surface area contributed by atoms with Crippen LogP contribution < -0.4 is 0 Å². The minimum absolute atomic E-state index is 0.0837. The van der Waals surface area contributed by atoms with Gasteiger partial charge >= 0.3 is 11.9 Å². The van der Waals surface area contributed by atoms with Crippen LogP contribution in [0.5, 0.6) is 0 Å². The lowest BCUT2D eigenvalue weighted by molar-refractivity contribution is -0.134. The first-order valence-corrected chi connectivity index (χ1v) is 10.9. The Balaban J connectivity index is 0.000000414. The second kappa shape index (κ2) is 11.2. The van der Waals surface area contributed by atoms with Gasteiger partial charge in [-0.05, 0) is 50.0 Å². The molecule has 0 aliphatic carbocycles. The van der Waals surface area contributed by atoms with Crippen molar-refractivity contribution in [3.05, 3.63) is 84.5 Å². The fourth-order valence-electron chi connectivity index (χ4n) is 2.76. The smallest absolute Gasteiger partial charge is 0.328 e. The van der Waals surface area contributed by atoms with Gasteiger partial charge in [0.05, 0.1) is 5.69 Å². The summed E-state index contributed by atoms with van der Waals surface area (Å²) in [7, 11) is -0.165. The van der Waals surface area contributed by atoms with Gasteiger partial charge in [0.15, 0.2) is 5.03 Å². The van der Waals surface area contributed by atoms with Crippen LogP contribution in [0, 0.1) is 5.82 Å². The number of hydrogen-bond donors (Lipinski definition) is 2. The first-order chi connectivity index (χ1) is 15.5. The molecule has 2 heterocycles. The first-order valence-electron chi connectivity index (χ1n) is 9.44. The van der Waals surface area contributed by atoms with Gasteiger partial charge in [0.2, 0.25) is 0 Å². The molecule has 0 atom stereocenters. The van der Waals surface area contributed by atoms with E-state index in [1.54, 1.807) is 36.4 Å². The molecule has 33 heavy (non-hydrogen) atoms. The van der Waals surface area contributed by atoms with Gasteiger partial charge in [-0.3, -0.25) is 0 Å². The van der Waals surface area contributed by atoms with Crippen LogP contribution in [0.15, 0.2) is 78.1 Å². The SMILES string of the molecule is CN(C)Cc1cc(-c2ccccc2F)n(S(=O)(=O)c2ccccn2)c1.O=C(O)/C=C/C(=O)O. The summed E-state index contributed by atoms with van der Waals surface area (Å²) in [5.74, 6) is -2.99. The predicted molar refractivity (Wildman–Crippen MR) is 118 cm³/mol. The van der Waals surface area contributed by atoms with Crippen molar-refractivity contribution in [3.63, 3.8) is 0 Å². The van der Waals surface area contributed by atoms with E-state index in [2.05, 4.69) is 4.98 Å². The number of hydrogen-bond acceptors (Lipinski definition) is 6. The molecule has 9 nitrogen and oxygen atoms in total. The lowest BCUT2D eigenvalue weighted by atomic mass is 10.1. The van der Waals surface area contributed by atoms with E-state index in [-0.39, 0.29) is 16.3 Å². The molecule has 0 fully saturated rings. The van der Waals surface area contributed by atoms with Gasteiger partial charge in [-0.1, -0.05) is 18.2 Å². The van der Waals surface area contributed by atoms with Crippen molar-refractivity contribution in [3.8, 4) is 11.3 Å². The molecule has 3 aromatic rings. The number of aliphatic carboxylic acids is 2. The van der Waals surface area contributed by atoms with Crippen LogP contribution >= 0.6 is 0 Å². The van der Waals surface area contributed by atoms with Crippen LogP contribution in [0.2, 0.25) is 0 Å². The number of aromatic nitrogens is 2. The van der Waals surface area contributed by atoms with Crippen LogP contribution in [0.1, 0.15) is 5.56 Å². The second-order valence-corrected chi connectivity index (χ2v) is 8.69. The average Bonchev–Trinajstić information content (AvgIpc) is 3.17. The maximum absolute atomic E-state index is 14.3. The first kappa shape index (κ1) is 25.4. The van der Waals surface area contributed by atoms with Gasteiger partial charge < -0.3 is 15.1 Å². The molecule has 0 aliphatic heterocycles. The van der Waals surface area contributed by atoms with Gasteiger partial charge in [0.1, 0.15) is 5.82 Å². The number of halogens is 1. The Hall–Kier alpha value is -3.83. The van der Waals surface area contributed by atoms with E-state index in [0.717, 1.165) is 9.54 Å². The van der Waals surface area contributed by atoms with Crippen LogP contribution in [-0.4, -0.2) is 58.5 Å². The van der Waals surface area contributed by atoms with E-state index < -0.39 is 27.8 Å². The third kappa shape index (κ3) is 7.09. The fraction of sp³-hybridized carbons (Fsp3) is 0.136. The van der Waals surface area contributed by atoms with E-state index in [9.17, 15) is 22.4 Å². The summed E-state index contributed by atoms with van der Waals surface area (Å²) >= 11 is 0. The molecule has 0 saturated carbocycles. The minimum atomic E-state index is -3.93. The van der Waals surface area contributed by atoms with Crippen molar-refractivity contribution < 1.29 is 32.6 Å². The van der Waals surface area contributed by atoms with Crippen LogP contribution in [0.4, 0.5) is 4.39 Å². The Bertz CT molecular complexity index is 1240. The fourth-order valence-corrected chi connectivity index (χ4v) is 4.09. The van der Waals surface area contributed by atoms with Crippen molar-refractivity contribution in [1.29, 1.82) is 0 Å². The molecular formula is C22H22FN3O6S. The van der Waals surface area contributed by atoms with E-state index in [1.807, 2.05) is 19.0 Å². The predicted octanol–water partition coefficient (Wildman–Crippen LogP) is 2.70. The Morgan fingerprint density at radius 3 is 2.18 bits per heavy atom. The molecule has 174 valence electrons. The molecule has 1 aromatic carbocycles. The lowest BCUT2D eigenvalue weighted by Gasteiger charge is -2.10. The van der Waals surface area contributed by atoms with Crippen LogP contribution in [0.25, 0.3) is 11.3 Å². The Morgan fingerprint density at radius 1 is 1.06 bits per heavy atom. The summed E-state index contributed by atoms with van der Waals surface area (Å²) in [5.41, 5.74) is 1.27. The normalized spacial score (nSPS) is 11.3. The van der Waals surface area contributed by atoms with Gasteiger partial charge in [0, 0.05) is 36.7 Å². The van der Waals surface area contributed by atoms with Gasteiger partial charge in [0.25, 0.3) is 10.0 Å².